The van der Waals surface area contributed by atoms with Gasteiger partial charge >= 0.3 is 0 Å². The fraction of sp³-hybridized carbons (Fsp3) is 0.500. The summed E-state index contributed by atoms with van der Waals surface area (Å²) in [4.78, 5) is 19.7. The van der Waals surface area contributed by atoms with Crippen molar-refractivity contribution in [2.24, 2.45) is 11.8 Å². The second-order valence-corrected chi connectivity index (χ2v) is 9.32. The molecule has 0 spiro atoms. The highest BCUT2D eigenvalue weighted by atomic mass is 16.5. The van der Waals surface area contributed by atoms with Crippen LogP contribution in [-0.2, 0) is 4.79 Å². The highest BCUT2D eigenvalue weighted by Crippen LogP contribution is 2.46. The van der Waals surface area contributed by atoms with E-state index in [1.807, 2.05) is 6.07 Å². The molecule has 3 aliphatic heterocycles. The van der Waals surface area contributed by atoms with E-state index in [4.69, 9.17) is 4.74 Å². The number of piperidine rings is 1. The zero-order valence-electron chi connectivity index (χ0n) is 18.6. The van der Waals surface area contributed by atoms with Crippen molar-refractivity contribution in [3.63, 3.8) is 0 Å². The van der Waals surface area contributed by atoms with E-state index in [1.54, 1.807) is 14.0 Å². The quantitative estimate of drug-likeness (QED) is 0.755. The Hall–Kier alpha value is -2.53. The van der Waals surface area contributed by atoms with Crippen LogP contribution in [-0.4, -0.2) is 61.6 Å². The van der Waals surface area contributed by atoms with Gasteiger partial charge in [0.25, 0.3) is 0 Å². The van der Waals surface area contributed by atoms with Crippen molar-refractivity contribution in [2.45, 2.75) is 31.8 Å². The van der Waals surface area contributed by atoms with Gasteiger partial charge in [-0.25, -0.2) is 0 Å². The summed E-state index contributed by atoms with van der Waals surface area (Å²) in [6, 6.07) is 19.9. The molecule has 0 saturated carbocycles. The minimum atomic E-state index is 0.210. The van der Waals surface area contributed by atoms with E-state index in [9.17, 15) is 4.79 Å². The van der Waals surface area contributed by atoms with E-state index in [2.05, 4.69) is 63.2 Å². The van der Waals surface area contributed by atoms with Crippen LogP contribution >= 0.6 is 0 Å². The number of fused-ring (bicyclic) bond motifs is 1. The first-order valence-corrected chi connectivity index (χ1v) is 11.6. The molecule has 0 aromatic heterocycles. The molecule has 5 rings (SSSR count). The van der Waals surface area contributed by atoms with Crippen LogP contribution in [0.4, 0.5) is 5.69 Å². The lowest BCUT2D eigenvalue weighted by molar-refractivity contribution is -0.130. The fourth-order valence-electron chi connectivity index (χ4n) is 6.08. The number of anilines is 1. The molecule has 5 nitrogen and oxygen atoms in total. The van der Waals surface area contributed by atoms with Gasteiger partial charge in [0, 0.05) is 63.4 Å². The first-order chi connectivity index (χ1) is 15.1. The van der Waals surface area contributed by atoms with Crippen molar-refractivity contribution >= 4 is 11.6 Å². The first kappa shape index (κ1) is 20.4. The lowest BCUT2D eigenvalue weighted by Crippen LogP contribution is -2.45. The van der Waals surface area contributed by atoms with Crippen LogP contribution in [0.3, 0.4) is 0 Å². The molecule has 5 heteroatoms. The summed E-state index contributed by atoms with van der Waals surface area (Å²) in [5.41, 5.74) is 2.55. The van der Waals surface area contributed by atoms with Crippen LogP contribution in [0.2, 0.25) is 0 Å². The molecule has 3 atom stereocenters. The summed E-state index contributed by atoms with van der Waals surface area (Å²) in [5, 5.41) is 0. The maximum absolute atomic E-state index is 12.4. The Kier molecular flexibility index (Phi) is 5.61. The monoisotopic (exact) mass is 419 g/mol. The van der Waals surface area contributed by atoms with Gasteiger partial charge in [0.2, 0.25) is 5.91 Å². The van der Waals surface area contributed by atoms with Gasteiger partial charge in [-0.1, -0.05) is 36.4 Å². The van der Waals surface area contributed by atoms with E-state index >= 15 is 0 Å². The smallest absolute Gasteiger partial charge is 0.219 e. The number of likely N-dealkylation sites (tertiary alicyclic amines) is 2. The Labute approximate surface area is 185 Å². The lowest BCUT2D eigenvalue weighted by atomic mass is 9.89. The second kappa shape index (κ2) is 8.54. The van der Waals surface area contributed by atoms with Crippen LogP contribution in [0.15, 0.2) is 54.6 Å². The number of benzene rings is 2. The molecule has 3 heterocycles. The zero-order chi connectivity index (χ0) is 21.4. The number of methoxy groups -OCH3 is 1. The average Bonchev–Trinajstić information content (AvgIpc) is 3.38. The largest absolute Gasteiger partial charge is 0.497 e. The third kappa shape index (κ3) is 3.91. The highest BCUT2D eigenvalue weighted by Gasteiger charge is 2.49. The number of amides is 1. The van der Waals surface area contributed by atoms with Gasteiger partial charge in [-0.2, -0.15) is 0 Å². The SMILES string of the molecule is COc1cccc(N2CCC(N3C[C@@H]4CN(C(C)=O)[C@H](c5ccccc5)[C@@H]4C3)CC2)c1. The number of carbonyl (C=O) groups excluding carboxylic acids is 1. The van der Waals surface area contributed by atoms with Crippen molar-refractivity contribution < 1.29 is 9.53 Å². The molecule has 0 radical (unpaired) electrons. The van der Waals surface area contributed by atoms with Crippen molar-refractivity contribution in [3.05, 3.63) is 60.2 Å². The summed E-state index contributed by atoms with van der Waals surface area (Å²) in [5.74, 6) is 2.27. The third-order valence-electron chi connectivity index (χ3n) is 7.64. The molecule has 2 aromatic carbocycles. The molecule has 3 saturated heterocycles. The van der Waals surface area contributed by atoms with Crippen molar-refractivity contribution in [1.82, 2.24) is 9.80 Å². The minimum absolute atomic E-state index is 0.210. The van der Waals surface area contributed by atoms with Crippen LogP contribution in [0.5, 0.6) is 5.75 Å². The van der Waals surface area contributed by atoms with Crippen LogP contribution < -0.4 is 9.64 Å². The molecule has 0 bridgehead atoms. The maximum Gasteiger partial charge on any atom is 0.219 e. The van der Waals surface area contributed by atoms with E-state index in [-0.39, 0.29) is 11.9 Å². The standard InChI is InChI=1S/C26H33N3O2/c1-19(30)29-17-21-16-28(18-25(21)26(29)20-7-4-3-5-8-20)22-11-13-27(14-12-22)23-9-6-10-24(15-23)31-2/h3-10,15,21-22,25-26H,11-14,16-18H2,1-2H3/t21-,25-,26-/m1/s1. The van der Waals surface area contributed by atoms with Crippen molar-refractivity contribution in [1.29, 1.82) is 0 Å². The first-order valence-electron chi connectivity index (χ1n) is 11.6. The van der Waals surface area contributed by atoms with Gasteiger partial charge in [0.05, 0.1) is 13.2 Å². The Balaban J connectivity index is 1.25. The molecular weight excluding hydrogens is 386 g/mol. The van der Waals surface area contributed by atoms with Crippen LogP contribution in [0, 0.1) is 11.8 Å². The number of ether oxygens (including phenoxy) is 1. The average molecular weight is 420 g/mol. The molecule has 0 aliphatic carbocycles. The Morgan fingerprint density at radius 2 is 1.74 bits per heavy atom. The predicted octanol–water partition coefficient (Wildman–Crippen LogP) is 3.82. The Morgan fingerprint density at radius 3 is 2.45 bits per heavy atom. The highest BCUT2D eigenvalue weighted by molar-refractivity contribution is 5.74. The lowest BCUT2D eigenvalue weighted by Gasteiger charge is -2.39. The Morgan fingerprint density at radius 1 is 0.968 bits per heavy atom. The summed E-state index contributed by atoms with van der Waals surface area (Å²) >= 11 is 0. The maximum atomic E-state index is 12.4. The second-order valence-electron chi connectivity index (χ2n) is 9.32. The van der Waals surface area contributed by atoms with Gasteiger partial charge in [-0.15, -0.1) is 0 Å². The van der Waals surface area contributed by atoms with Crippen molar-refractivity contribution in [3.8, 4) is 5.75 Å². The Bertz CT molecular complexity index is 910. The zero-order valence-corrected chi connectivity index (χ0v) is 18.6. The summed E-state index contributed by atoms with van der Waals surface area (Å²) in [6.07, 6.45) is 2.39. The van der Waals surface area contributed by atoms with Crippen molar-refractivity contribution in [2.75, 3.05) is 44.7 Å². The summed E-state index contributed by atoms with van der Waals surface area (Å²) < 4.78 is 5.40. The van der Waals surface area contributed by atoms with Crippen LogP contribution in [0.25, 0.3) is 0 Å². The van der Waals surface area contributed by atoms with E-state index in [0.717, 1.165) is 38.5 Å². The minimum Gasteiger partial charge on any atom is -0.497 e. The van der Waals surface area contributed by atoms with Gasteiger partial charge in [-0.3, -0.25) is 9.69 Å². The predicted molar refractivity (Wildman–Crippen MR) is 123 cm³/mol. The summed E-state index contributed by atoms with van der Waals surface area (Å²) in [7, 11) is 1.73. The molecular formula is C26H33N3O2. The molecule has 0 N–H and O–H groups in total. The van der Waals surface area contributed by atoms with Gasteiger partial charge in [-0.05, 0) is 36.5 Å². The normalized spacial score (nSPS) is 26.8. The molecule has 164 valence electrons. The van der Waals surface area contributed by atoms with Gasteiger partial charge in [0.15, 0.2) is 0 Å². The number of hydrogen-bond donors (Lipinski definition) is 0. The molecule has 3 fully saturated rings. The number of hydrogen-bond acceptors (Lipinski definition) is 4. The molecule has 1 amide bonds. The topological polar surface area (TPSA) is 36.0 Å². The van der Waals surface area contributed by atoms with E-state index in [0.29, 0.717) is 17.9 Å². The molecule has 2 aromatic rings. The number of carbonyl (C=O) groups is 1. The van der Waals surface area contributed by atoms with Crippen LogP contribution in [0.1, 0.15) is 31.4 Å². The van der Waals surface area contributed by atoms with E-state index < -0.39 is 0 Å². The van der Waals surface area contributed by atoms with Gasteiger partial charge < -0.3 is 14.5 Å². The van der Waals surface area contributed by atoms with Gasteiger partial charge in [0.1, 0.15) is 5.75 Å². The molecule has 0 unspecified atom stereocenters. The molecule has 31 heavy (non-hydrogen) atoms. The van der Waals surface area contributed by atoms with E-state index in [1.165, 1.54) is 24.1 Å². The number of nitrogens with zero attached hydrogens (tertiary/aromatic N) is 3. The third-order valence-corrected chi connectivity index (χ3v) is 7.64. The fourth-order valence-corrected chi connectivity index (χ4v) is 6.08. The summed E-state index contributed by atoms with van der Waals surface area (Å²) in [6.45, 7) is 7.04. The molecule has 3 aliphatic rings. The number of rotatable bonds is 4.